The minimum Gasteiger partial charge on any atom is -0.504 e. The molecule has 216 valence electrons. The van der Waals surface area contributed by atoms with Crippen LogP contribution in [0.5, 0.6) is 11.5 Å². The van der Waals surface area contributed by atoms with Gasteiger partial charge in [-0.25, -0.2) is 0 Å². The molecule has 4 aliphatic rings. The van der Waals surface area contributed by atoms with Crippen molar-refractivity contribution < 1.29 is 33.7 Å². The van der Waals surface area contributed by atoms with Gasteiger partial charge in [0.25, 0.3) is 0 Å². The van der Waals surface area contributed by atoms with Gasteiger partial charge in [-0.1, -0.05) is 39.3 Å². The normalized spacial score (nSPS) is 41.5. The molecule has 3 saturated carbocycles. The van der Waals surface area contributed by atoms with Gasteiger partial charge in [-0.3, -0.25) is 9.36 Å². The molecule has 0 aromatic heterocycles. The lowest BCUT2D eigenvalue weighted by Crippen LogP contribution is -2.62. The number of fused-ring (bicyclic) bond motifs is 7. The van der Waals surface area contributed by atoms with Crippen LogP contribution in [0, 0.1) is 34.5 Å². The summed E-state index contributed by atoms with van der Waals surface area (Å²) in [5.41, 5.74) is 0.872. The summed E-state index contributed by atoms with van der Waals surface area (Å²) in [6.07, 6.45) is 8.00. The predicted octanol–water partition coefficient (Wildman–Crippen LogP) is 7.63. The number of benzene rings is 1. The van der Waals surface area contributed by atoms with Crippen molar-refractivity contribution in [2.45, 2.75) is 97.6 Å². The van der Waals surface area contributed by atoms with Gasteiger partial charge in [-0.05, 0) is 104 Å². The van der Waals surface area contributed by atoms with Gasteiger partial charge < -0.3 is 24.4 Å². The Morgan fingerprint density at radius 1 is 0.974 bits per heavy atom. The zero-order valence-electron chi connectivity index (χ0n) is 24.7. The molecule has 0 aliphatic heterocycles. The van der Waals surface area contributed by atoms with E-state index in [0.29, 0.717) is 24.0 Å². The first-order valence-electron chi connectivity index (χ1n) is 14.2. The van der Waals surface area contributed by atoms with Crippen LogP contribution in [-0.4, -0.2) is 35.5 Å². The van der Waals surface area contributed by atoms with E-state index in [1.807, 2.05) is 6.92 Å². The van der Waals surface area contributed by atoms with Crippen molar-refractivity contribution in [2.75, 3.05) is 14.2 Å². The van der Waals surface area contributed by atoms with E-state index < -0.39 is 30.1 Å². The number of carbonyl (C=O) groups is 1. The average Bonchev–Trinajstić information content (AvgIpc) is 2.89. The molecule has 1 aromatic carbocycles. The number of hydrogen-bond donors (Lipinski definition) is 3. The second-order valence-electron chi connectivity index (χ2n) is 14.1. The Morgan fingerprint density at radius 2 is 1.59 bits per heavy atom. The highest BCUT2D eigenvalue weighted by Gasteiger charge is 2.67. The maximum absolute atomic E-state index is 14.1. The molecule has 0 amide bonds. The van der Waals surface area contributed by atoms with Crippen LogP contribution in [-0.2, 0) is 23.8 Å². The van der Waals surface area contributed by atoms with E-state index in [2.05, 4.69) is 33.8 Å². The summed E-state index contributed by atoms with van der Waals surface area (Å²) in [6.45, 7) is 12.9. The monoisotopic (exact) mass is 560 g/mol. The summed E-state index contributed by atoms with van der Waals surface area (Å²) < 4.78 is 25.2. The molecule has 0 heterocycles. The molecule has 0 bridgehead atoms. The second-order valence-corrected chi connectivity index (χ2v) is 16.5. The van der Waals surface area contributed by atoms with Crippen molar-refractivity contribution >= 4 is 13.6 Å². The van der Waals surface area contributed by atoms with E-state index in [-0.39, 0.29) is 33.7 Å². The van der Waals surface area contributed by atoms with Crippen molar-refractivity contribution in [1.82, 2.24) is 0 Å². The number of aromatic hydroxyl groups is 2. The fraction of sp³-hybridized carbons (Fsp3) is 0.710. The standard InChI is InChI=1S/C31H45O7P/c1-18-24-19(15-20(32)25(18)33)29(4)12-14-31(6)23-17-28(3,26(34)35)10-9-27(23,2)11-13-30(31,5)22(29)16-21(24)39(36,37-7)38-8/h15-16,21,23,32-33H,9-14,17H2,1-8H3,(H,34,35)/t21?,23-,27-,28-,29+,30-,31+/m1/s1. The average molecular weight is 561 g/mol. The van der Waals surface area contributed by atoms with Gasteiger partial charge in [-0.15, -0.1) is 0 Å². The molecule has 0 spiro atoms. The van der Waals surface area contributed by atoms with Gasteiger partial charge >= 0.3 is 13.6 Å². The zero-order chi connectivity index (χ0) is 29.0. The van der Waals surface area contributed by atoms with Gasteiger partial charge in [0.1, 0.15) is 5.66 Å². The zero-order valence-corrected chi connectivity index (χ0v) is 25.6. The molecule has 0 saturated heterocycles. The van der Waals surface area contributed by atoms with Crippen LogP contribution in [0.15, 0.2) is 17.7 Å². The fourth-order valence-electron chi connectivity index (χ4n) is 9.46. The van der Waals surface area contributed by atoms with Crippen LogP contribution in [0.4, 0.5) is 0 Å². The molecule has 0 radical (unpaired) electrons. The Labute approximate surface area is 232 Å². The highest BCUT2D eigenvalue weighted by molar-refractivity contribution is 7.54. The Morgan fingerprint density at radius 3 is 2.18 bits per heavy atom. The lowest BCUT2D eigenvalue weighted by molar-refractivity contribution is -0.177. The van der Waals surface area contributed by atoms with E-state index in [0.717, 1.165) is 37.7 Å². The maximum atomic E-state index is 14.1. The first-order valence-corrected chi connectivity index (χ1v) is 15.8. The molecule has 4 aliphatic carbocycles. The van der Waals surface area contributed by atoms with E-state index in [4.69, 9.17) is 9.05 Å². The molecule has 1 unspecified atom stereocenters. The molecule has 3 fully saturated rings. The number of carboxylic acid groups (broad SMARTS) is 1. The predicted molar refractivity (Wildman–Crippen MR) is 150 cm³/mol. The van der Waals surface area contributed by atoms with Gasteiger partial charge in [0.2, 0.25) is 0 Å². The molecule has 7 atom stereocenters. The number of allylic oxidation sites excluding steroid dienone is 2. The first kappa shape index (κ1) is 28.7. The summed E-state index contributed by atoms with van der Waals surface area (Å²) in [4.78, 5) is 12.4. The molecular weight excluding hydrogens is 515 g/mol. The van der Waals surface area contributed by atoms with Gasteiger partial charge in [0, 0.05) is 19.6 Å². The van der Waals surface area contributed by atoms with Crippen LogP contribution in [0.25, 0.3) is 0 Å². The first-order chi connectivity index (χ1) is 18.0. The number of phenols is 2. The third-order valence-corrected chi connectivity index (χ3v) is 14.6. The molecule has 1 aromatic rings. The number of carboxylic acids is 1. The summed E-state index contributed by atoms with van der Waals surface area (Å²) in [5.74, 6) is -0.890. The maximum Gasteiger partial charge on any atom is 0.341 e. The smallest absolute Gasteiger partial charge is 0.341 e. The largest absolute Gasteiger partial charge is 0.504 e. The number of phenolic OH excluding ortho intramolecular Hbond substituents is 2. The lowest BCUT2D eigenvalue weighted by Gasteiger charge is -2.70. The van der Waals surface area contributed by atoms with Crippen molar-refractivity contribution in [2.24, 2.45) is 27.6 Å². The summed E-state index contributed by atoms with van der Waals surface area (Å²) in [7, 11) is -0.890. The molecule has 8 heteroatoms. The molecule has 7 nitrogen and oxygen atoms in total. The quantitative estimate of drug-likeness (QED) is 0.197. The van der Waals surface area contributed by atoms with Crippen LogP contribution in [0.2, 0.25) is 0 Å². The van der Waals surface area contributed by atoms with Crippen LogP contribution < -0.4 is 0 Å². The van der Waals surface area contributed by atoms with Crippen molar-refractivity contribution in [1.29, 1.82) is 0 Å². The van der Waals surface area contributed by atoms with Crippen molar-refractivity contribution in [3.63, 3.8) is 0 Å². The molecular formula is C31H45O7P. The van der Waals surface area contributed by atoms with E-state index in [1.165, 1.54) is 19.8 Å². The van der Waals surface area contributed by atoms with E-state index in [1.54, 1.807) is 13.0 Å². The van der Waals surface area contributed by atoms with Crippen LogP contribution >= 0.6 is 7.60 Å². The Hall–Kier alpha value is -1.82. The van der Waals surface area contributed by atoms with Crippen LogP contribution in [0.1, 0.15) is 102 Å². The second kappa shape index (κ2) is 8.59. The van der Waals surface area contributed by atoms with Gasteiger partial charge in [0.15, 0.2) is 11.5 Å². The number of aliphatic carboxylic acids is 1. The molecule has 3 N–H and O–H groups in total. The SMILES string of the molecule is COP(=O)(OC)C1C=C2[C@@](C)(CC[C@@]3(C)[C@@H]4C[C@](C)(C(=O)O)CC[C@]4(C)CC[C@]23C)c2cc(O)c(O)c(C)c21. The third kappa shape index (κ3) is 3.55. The number of rotatable bonds is 4. The lowest BCUT2D eigenvalue weighted by atomic mass is 9.34. The summed E-state index contributed by atoms with van der Waals surface area (Å²) >= 11 is 0. The fourth-order valence-corrected chi connectivity index (χ4v) is 11.0. The van der Waals surface area contributed by atoms with Gasteiger partial charge in [0.05, 0.1) is 5.41 Å². The molecule has 39 heavy (non-hydrogen) atoms. The van der Waals surface area contributed by atoms with E-state index >= 15 is 0 Å². The Balaban J connectivity index is 1.75. The summed E-state index contributed by atoms with van der Waals surface area (Å²) in [6, 6.07) is 1.65. The topological polar surface area (TPSA) is 113 Å². The van der Waals surface area contributed by atoms with E-state index in [9.17, 15) is 24.7 Å². The minimum absolute atomic E-state index is 0.0680. The summed E-state index contributed by atoms with van der Waals surface area (Å²) in [5, 5.41) is 31.7. The van der Waals surface area contributed by atoms with Crippen LogP contribution in [0.3, 0.4) is 0 Å². The van der Waals surface area contributed by atoms with Crippen molar-refractivity contribution in [3.8, 4) is 11.5 Å². The highest BCUT2D eigenvalue weighted by Crippen LogP contribution is 2.77. The highest BCUT2D eigenvalue weighted by atomic mass is 31.2. The Kier molecular flexibility index (Phi) is 6.32. The number of hydrogen-bond acceptors (Lipinski definition) is 6. The van der Waals surface area contributed by atoms with Gasteiger partial charge in [-0.2, -0.15) is 0 Å². The van der Waals surface area contributed by atoms with Crippen molar-refractivity contribution in [3.05, 3.63) is 34.4 Å². The third-order valence-electron chi connectivity index (χ3n) is 12.5. The Bertz CT molecular complexity index is 1310. The minimum atomic E-state index is -3.67. The molecule has 5 rings (SSSR count).